The second-order valence-electron chi connectivity index (χ2n) is 3.59. The number of hydrogen-bond donors (Lipinski definition) is 1. The van der Waals surface area contributed by atoms with Crippen LogP contribution in [0.25, 0.3) is 0 Å². The van der Waals surface area contributed by atoms with Crippen LogP contribution in [0, 0.1) is 0 Å². The summed E-state index contributed by atoms with van der Waals surface area (Å²) in [5.74, 6) is 0.892. The Hall–Kier alpha value is -1.06. The largest absolute Gasteiger partial charge is 0.497 e. The minimum atomic E-state index is 0.372. The van der Waals surface area contributed by atoms with Gasteiger partial charge in [-0.05, 0) is 24.6 Å². The van der Waals surface area contributed by atoms with Crippen LogP contribution >= 0.6 is 0 Å². The highest BCUT2D eigenvalue weighted by molar-refractivity contribution is 5.26. The number of benzene rings is 1. The van der Waals surface area contributed by atoms with Crippen LogP contribution in [0.2, 0.25) is 0 Å². The third kappa shape index (κ3) is 4.32. The van der Waals surface area contributed by atoms with Crippen molar-refractivity contribution in [3.8, 4) is 5.75 Å². The molecule has 1 N–H and O–H groups in total. The fraction of sp³-hybridized carbons (Fsp3) is 0.500. The Bertz CT molecular complexity index is 271. The van der Waals surface area contributed by atoms with E-state index in [0.29, 0.717) is 6.04 Å². The molecule has 1 unspecified atom stereocenters. The van der Waals surface area contributed by atoms with E-state index in [4.69, 9.17) is 9.47 Å². The van der Waals surface area contributed by atoms with Gasteiger partial charge in [-0.2, -0.15) is 0 Å². The molecule has 0 aromatic heterocycles. The van der Waals surface area contributed by atoms with E-state index in [2.05, 4.69) is 24.4 Å². The van der Waals surface area contributed by atoms with Crippen molar-refractivity contribution in [2.24, 2.45) is 0 Å². The van der Waals surface area contributed by atoms with Gasteiger partial charge >= 0.3 is 0 Å². The lowest BCUT2D eigenvalue weighted by Crippen LogP contribution is -2.29. The van der Waals surface area contributed by atoms with Crippen LogP contribution in [0.15, 0.2) is 24.3 Å². The summed E-state index contributed by atoms with van der Waals surface area (Å²) >= 11 is 0. The molecule has 0 aliphatic rings. The van der Waals surface area contributed by atoms with E-state index >= 15 is 0 Å². The Morgan fingerprint density at radius 2 is 1.87 bits per heavy atom. The van der Waals surface area contributed by atoms with E-state index in [0.717, 1.165) is 18.9 Å². The minimum absolute atomic E-state index is 0.372. The van der Waals surface area contributed by atoms with Gasteiger partial charge in [0.2, 0.25) is 0 Å². The van der Waals surface area contributed by atoms with Gasteiger partial charge in [0.25, 0.3) is 0 Å². The first-order valence-electron chi connectivity index (χ1n) is 5.11. The highest BCUT2D eigenvalue weighted by atomic mass is 16.5. The summed E-state index contributed by atoms with van der Waals surface area (Å²) in [4.78, 5) is 0. The molecule has 0 aliphatic heterocycles. The molecule has 1 aromatic carbocycles. The molecule has 0 radical (unpaired) electrons. The highest BCUT2D eigenvalue weighted by Crippen LogP contribution is 2.10. The zero-order chi connectivity index (χ0) is 11.1. The van der Waals surface area contributed by atoms with Crippen molar-refractivity contribution in [3.05, 3.63) is 29.8 Å². The summed E-state index contributed by atoms with van der Waals surface area (Å²) < 4.78 is 10.1. The van der Waals surface area contributed by atoms with E-state index in [1.807, 2.05) is 12.1 Å². The van der Waals surface area contributed by atoms with Crippen LogP contribution < -0.4 is 10.1 Å². The number of rotatable bonds is 6. The summed E-state index contributed by atoms with van der Waals surface area (Å²) in [5, 5.41) is 3.37. The topological polar surface area (TPSA) is 30.5 Å². The number of ether oxygens (including phenoxy) is 2. The summed E-state index contributed by atoms with van der Waals surface area (Å²) in [5.41, 5.74) is 1.25. The molecule has 1 rings (SSSR count). The van der Waals surface area contributed by atoms with Crippen LogP contribution in [0.3, 0.4) is 0 Å². The minimum Gasteiger partial charge on any atom is -0.497 e. The maximum absolute atomic E-state index is 5.09. The molecule has 0 spiro atoms. The fourth-order valence-corrected chi connectivity index (χ4v) is 1.34. The number of hydrogen-bond acceptors (Lipinski definition) is 3. The standard InChI is InChI=1S/C12H19NO2/c1-10(9-14-2)13-8-11-4-6-12(15-3)7-5-11/h4-7,10,13H,8-9H2,1-3H3. The molecule has 15 heavy (non-hydrogen) atoms. The molecule has 0 bridgehead atoms. The third-order valence-electron chi connectivity index (χ3n) is 2.23. The van der Waals surface area contributed by atoms with Crippen molar-refractivity contribution in [1.82, 2.24) is 5.32 Å². The van der Waals surface area contributed by atoms with Gasteiger partial charge in [0.15, 0.2) is 0 Å². The SMILES string of the molecule is COCC(C)NCc1ccc(OC)cc1. The predicted molar refractivity (Wildman–Crippen MR) is 61.2 cm³/mol. The Morgan fingerprint density at radius 1 is 1.20 bits per heavy atom. The van der Waals surface area contributed by atoms with Gasteiger partial charge < -0.3 is 14.8 Å². The summed E-state index contributed by atoms with van der Waals surface area (Å²) in [7, 11) is 3.39. The van der Waals surface area contributed by atoms with E-state index in [1.54, 1.807) is 14.2 Å². The van der Waals surface area contributed by atoms with Gasteiger partial charge in [-0.25, -0.2) is 0 Å². The van der Waals surface area contributed by atoms with Gasteiger partial charge in [-0.3, -0.25) is 0 Å². The number of methoxy groups -OCH3 is 2. The van der Waals surface area contributed by atoms with Crippen molar-refractivity contribution in [2.75, 3.05) is 20.8 Å². The maximum Gasteiger partial charge on any atom is 0.118 e. The van der Waals surface area contributed by atoms with Crippen molar-refractivity contribution >= 4 is 0 Å². The van der Waals surface area contributed by atoms with Crippen LogP contribution in [-0.2, 0) is 11.3 Å². The Morgan fingerprint density at radius 3 is 2.40 bits per heavy atom. The lowest BCUT2D eigenvalue weighted by molar-refractivity contribution is 0.171. The predicted octanol–water partition coefficient (Wildman–Crippen LogP) is 1.82. The molecule has 0 saturated carbocycles. The first-order chi connectivity index (χ1) is 7.26. The second-order valence-corrected chi connectivity index (χ2v) is 3.59. The monoisotopic (exact) mass is 209 g/mol. The number of nitrogens with one attached hydrogen (secondary N) is 1. The van der Waals surface area contributed by atoms with Gasteiger partial charge in [-0.15, -0.1) is 0 Å². The summed E-state index contributed by atoms with van der Waals surface area (Å²) in [6.45, 7) is 3.69. The van der Waals surface area contributed by atoms with E-state index in [-0.39, 0.29) is 0 Å². The Balaban J connectivity index is 2.37. The lowest BCUT2D eigenvalue weighted by Gasteiger charge is -2.12. The molecular weight excluding hydrogens is 190 g/mol. The normalized spacial score (nSPS) is 12.5. The molecule has 0 heterocycles. The van der Waals surface area contributed by atoms with Crippen LogP contribution in [0.1, 0.15) is 12.5 Å². The van der Waals surface area contributed by atoms with Crippen molar-refractivity contribution in [2.45, 2.75) is 19.5 Å². The van der Waals surface area contributed by atoms with Crippen molar-refractivity contribution in [3.63, 3.8) is 0 Å². The smallest absolute Gasteiger partial charge is 0.118 e. The van der Waals surface area contributed by atoms with Gasteiger partial charge in [0, 0.05) is 19.7 Å². The molecule has 1 atom stereocenters. The van der Waals surface area contributed by atoms with Gasteiger partial charge in [-0.1, -0.05) is 12.1 Å². The quantitative estimate of drug-likeness (QED) is 0.775. The molecule has 84 valence electrons. The molecule has 3 heteroatoms. The van der Waals surface area contributed by atoms with Crippen LogP contribution in [0.5, 0.6) is 5.75 Å². The van der Waals surface area contributed by atoms with Gasteiger partial charge in [0.05, 0.1) is 13.7 Å². The molecule has 1 aromatic rings. The van der Waals surface area contributed by atoms with Crippen LogP contribution in [0.4, 0.5) is 0 Å². The van der Waals surface area contributed by atoms with Crippen molar-refractivity contribution in [1.29, 1.82) is 0 Å². The van der Waals surface area contributed by atoms with Crippen LogP contribution in [-0.4, -0.2) is 26.9 Å². The van der Waals surface area contributed by atoms with E-state index in [9.17, 15) is 0 Å². The van der Waals surface area contributed by atoms with Gasteiger partial charge in [0.1, 0.15) is 5.75 Å². The Kier molecular flexibility index (Phi) is 5.15. The average molecular weight is 209 g/mol. The zero-order valence-electron chi connectivity index (χ0n) is 9.62. The first-order valence-corrected chi connectivity index (χ1v) is 5.11. The fourth-order valence-electron chi connectivity index (χ4n) is 1.34. The average Bonchev–Trinajstić information content (AvgIpc) is 2.27. The molecule has 0 saturated heterocycles. The first kappa shape index (κ1) is 12.0. The summed E-state index contributed by atoms with van der Waals surface area (Å²) in [6.07, 6.45) is 0. The lowest BCUT2D eigenvalue weighted by atomic mass is 10.2. The Labute approximate surface area is 91.4 Å². The van der Waals surface area contributed by atoms with E-state index < -0.39 is 0 Å². The van der Waals surface area contributed by atoms with E-state index in [1.165, 1.54) is 5.56 Å². The molecular formula is C12H19NO2. The second kappa shape index (κ2) is 6.43. The molecule has 0 fully saturated rings. The zero-order valence-corrected chi connectivity index (χ0v) is 9.62. The maximum atomic E-state index is 5.09. The molecule has 0 amide bonds. The summed E-state index contributed by atoms with van der Waals surface area (Å²) in [6, 6.07) is 8.43. The molecule has 3 nitrogen and oxygen atoms in total. The molecule has 0 aliphatic carbocycles. The van der Waals surface area contributed by atoms with Crippen molar-refractivity contribution < 1.29 is 9.47 Å². The third-order valence-corrected chi connectivity index (χ3v) is 2.23. The highest BCUT2D eigenvalue weighted by Gasteiger charge is 2.00.